The van der Waals surface area contributed by atoms with Gasteiger partial charge in [-0.05, 0) is 11.6 Å². The van der Waals surface area contributed by atoms with E-state index in [2.05, 4.69) is 0 Å². The highest BCUT2D eigenvalue weighted by Gasteiger charge is 2.23. The van der Waals surface area contributed by atoms with Crippen molar-refractivity contribution in [1.29, 1.82) is 0 Å². The minimum atomic E-state index is -3.55. The lowest BCUT2D eigenvalue weighted by Gasteiger charge is -2.16. The summed E-state index contributed by atoms with van der Waals surface area (Å²) in [5.41, 5.74) is 1.49. The zero-order valence-electron chi connectivity index (χ0n) is 11.5. The SMILES string of the molecule is CN(Cc1ccccc1)S(=O)(=O)c1cc(CO)n(C)c1. The van der Waals surface area contributed by atoms with Crippen LogP contribution in [0.3, 0.4) is 0 Å². The molecule has 0 spiro atoms. The van der Waals surface area contributed by atoms with Crippen LogP contribution in [0.4, 0.5) is 0 Å². The highest BCUT2D eigenvalue weighted by Crippen LogP contribution is 2.19. The van der Waals surface area contributed by atoms with Gasteiger partial charge in [-0.25, -0.2) is 8.42 Å². The van der Waals surface area contributed by atoms with Crippen LogP contribution >= 0.6 is 0 Å². The van der Waals surface area contributed by atoms with Gasteiger partial charge < -0.3 is 9.67 Å². The Morgan fingerprint density at radius 1 is 1.25 bits per heavy atom. The van der Waals surface area contributed by atoms with Gasteiger partial charge in [0.1, 0.15) is 4.90 Å². The zero-order valence-corrected chi connectivity index (χ0v) is 12.3. The summed E-state index contributed by atoms with van der Waals surface area (Å²) < 4.78 is 27.8. The lowest BCUT2D eigenvalue weighted by molar-refractivity contribution is 0.272. The molecule has 1 aromatic heterocycles. The molecular weight excluding hydrogens is 276 g/mol. The Balaban J connectivity index is 2.25. The summed E-state index contributed by atoms with van der Waals surface area (Å²) in [5, 5.41) is 9.14. The maximum absolute atomic E-state index is 12.4. The van der Waals surface area contributed by atoms with Crippen LogP contribution in [0, 0.1) is 0 Å². The molecule has 1 aromatic carbocycles. The molecule has 0 fully saturated rings. The number of aliphatic hydroxyl groups is 1. The Bertz CT molecular complexity index is 678. The molecule has 0 saturated carbocycles. The summed E-state index contributed by atoms with van der Waals surface area (Å²) in [6, 6.07) is 10.9. The van der Waals surface area contributed by atoms with Gasteiger partial charge in [-0.1, -0.05) is 30.3 Å². The van der Waals surface area contributed by atoms with E-state index in [9.17, 15) is 8.42 Å². The Morgan fingerprint density at radius 3 is 2.45 bits per heavy atom. The third kappa shape index (κ3) is 2.92. The van der Waals surface area contributed by atoms with Crippen LogP contribution in [0.5, 0.6) is 0 Å². The van der Waals surface area contributed by atoms with Crippen molar-refractivity contribution in [3.63, 3.8) is 0 Å². The van der Waals surface area contributed by atoms with Gasteiger partial charge in [-0.2, -0.15) is 4.31 Å². The molecule has 0 bridgehead atoms. The van der Waals surface area contributed by atoms with Crippen molar-refractivity contribution in [2.24, 2.45) is 7.05 Å². The molecule has 0 saturated heterocycles. The van der Waals surface area contributed by atoms with E-state index < -0.39 is 10.0 Å². The fraction of sp³-hybridized carbons (Fsp3) is 0.286. The molecule has 2 aromatic rings. The van der Waals surface area contributed by atoms with Crippen molar-refractivity contribution < 1.29 is 13.5 Å². The van der Waals surface area contributed by atoms with Crippen molar-refractivity contribution in [3.05, 3.63) is 53.9 Å². The van der Waals surface area contributed by atoms with E-state index in [0.717, 1.165) is 5.56 Å². The molecule has 0 radical (unpaired) electrons. The van der Waals surface area contributed by atoms with E-state index in [4.69, 9.17) is 5.11 Å². The number of aliphatic hydroxyl groups excluding tert-OH is 1. The van der Waals surface area contributed by atoms with Crippen LogP contribution in [0.2, 0.25) is 0 Å². The van der Waals surface area contributed by atoms with Gasteiger partial charge in [0.05, 0.1) is 6.61 Å². The summed E-state index contributed by atoms with van der Waals surface area (Å²) in [6.45, 7) is 0.126. The molecule has 0 amide bonds. The largest absolute Gasteiger partial charge is 0.390 e. The summed E-state index contributed by atoms with van der Waals surface area (Å²) in [6.07, 6.45) is 1.52. The van der Waals surface area contributed by atoms with Gasteiger partial charge in [0.25, 0.3) is 0 Å². The molecule has 0 aliphatic rings. The van der Waals surface area contributed by atoms with Gasteiger partial charge in [-0.3, -0.25) is 0 Å². The van der Waals surface area contributed by atoms with Gasteiger partial charge in [0.2, 0.25) is 10.0 Å². The van der Waals surface area contributed by atoms with Crippen molar-refractivity contribution in [2.75, 3.05) is 7.05 Å². The standard InChI is InChI=1S/C14H18N2O3S/c1-15-10-14(8-13(15)11-17)20(18,19)16(2)9-12-6-4-3-5-7-12/h3-8,10,17H,9,11H2,1-2H3. The summed E-state index contributed by atoms with van der Waals surface area (Å²) in [7, 11) is -0.288. The Hall–Kier alpha value is -1.63. The number of sulfonamides is 1. The number of aryl methyl sites for hydroxylation is 1. The Morgan fingerprint density at radius 2 is 1.90 bits per heavy atom. The second-order valence-corrected chi connectivity index (χ2v) is 6.73. The highest BCUT2D eigenvalue weighted by molar-refractivity contribution is 7.89. The number of rotatable bonds is 5. The maximum atomic E-state index is 12.4. The molecule has 6 heteroatoms. The second-order valence-electron chi connectivity index (χ2n) is 4.68. The zero-order chi connectivity index (χ0) is 14.8. The first-order chi connectivity index (χ1) is 9.45. The minimum Gasteiger partial charge on any atom is -0.390 e. The number of nitrogens with zero attached hydrogens (tertiary/aromatic N) is 2. The second kappa shape index (κ2) is 5.78. The number of benzene rings is 1. The van der Waals surface area contributed by atoms with Gasteiger partial charge in [-0.15, -0.1) is 0 Å². The average Bonchev–Trinajstić information content (AvgIpc) is 2.81. The third-order valence-corrected chi connectivity index (χ3v) is 4.97. The van der Waals surface area contributed by atoms with Crippen molar-refractivity contribution >= 4 is 10.0 Å². The lowest BCUT2D eigenvalue weighted by Crippen LogP contribution is -2.26. The predicted molar refractivity (Wildman–Crippen MR) is 76.4 cm³/mol. The fourth-order valence-electron chi connectivity index (χ4n) is 1.98. The van der Waals surface area contributed by atoms with Crippen LogP contribution < -0.4 is 0 Å². The first kappa shape index (κ1) is 14.8. The normalized spacial score (nSPS) is 12.0. The van der Waals surface area contributed by atoms with Crippen molar-refractivity contribution in [1.82, 2.24) is 8.87 Å². The Kier molecular flexibility index (Phi) is 4.27. The van der Waals surface area contributed by atoms with Crippen LogP contribution in [0.15, 0.2) is 47.5 Å². The molecule has 20 heavy (non-hydrogen) atoms. The summed E-state index contributed by atoms with van der Waals surface area (Å²) in [4.78, 5) is 0.197. The lowest BCUT2D eigenvalue weighted by atomic mass is 10.2. The quantitative estimate of drug-likeness (QED) is 0.905. The van der Waals surface area contributed by atoms with E-state index in [0.29, 0.717) is 12.2 Å². The molecule has 5 nitrogen and oxygen atoms in total. The Labute approximate surface area is 119 Å². The van der Waals surface area contributed by atoms with Gasteiger partial charge in [0.15, 0.2) is 0 Å². The monoisotopic (exact) mass is 294 g/mol. The number of aromatic nitrogens is 1. The summed E-state index contributed by atoms with van der Waals surface area (Å²) in [5.74, 6) is 0. The molecular formula is C14H18N2O3S. The van der Waals surface area contributed by atoms with E-state index in [-0.39, 0.29) is 11.5 Å². The predicted octanol–water partition coefficient (Wildman–Crippen LogP) is 1.34. The number of hydrogen-bond donors (Lipinski definition) is 1. The molecule has 0 aliphatic carbocycles. The fourth-order valence-corrected chi connectivity index (χ4v) is 3.24. The molecule has 2 rings (SSSR count). The van der Waals surface area contributed by atoms with Gasteiger partial charge in [0, 0.05) is 32.5 Å². The van der Waals surface area contributed by atoms with E-state index in [1.807, 2.05) is 30.3 Å². The van der Waals surface area contributed by atoms with E-state index >= 15 is 0 Å². The van der Waals surface area contributed by atoms with Crippen molar-refractivity contribution in [3.8, 4) is 0 Å². The number of hydrogen-bond acceptors (Lipinski definition) is 3. The van der Waals surface area contributed by atoms with Crippen LogP contribution in [0.1, 0.15) is 11.3 Å². The first-order valence-electron chi connectivity index (χ1n) is 6.21. The maximum Gasteiger partial charge on any atom is 0.244 e. The third-order valence-electron chi connectivity index (χ3n) is 3.20. The molecule has 1 heterocycles. The molecule has 0 atom stereocenters. The van der Waals surface area contributed by atoms with Crippen molar-refractivity contribution in [2.45, 2.75) is 18.0 Å². The molecule has 108 valence electrons. The molecule has 1 N–H and O–H groups in total. The van der Waals surface area contributed by atoms with E-state index in [1.54, 1.807) is 18.7 Å². The van der Waals surface area contributed by atoms with Crippen LogP contribution in [-0.2, 0) is 30.2 Å². The van der Waals surface area contributed by atoms with Gasteiger partial charge >= 0.3 is 0 Å². The minimum absolute atomic E-state index is 0.186. The first-order valence-corrected chi connectivity index (χ1v) is 7.65. The highest BCUT2D eigenvalue weighted by atomic mass is 32.2. The molecule has 0 aliphatic heterocycles. The molecule has 0 unspecified atom stereocenters. The topological polar surface area (TPSA) is 62.5 Å². The summed E-state index contributed by atoms with van der Waals surface area (Å²) >= 11 is 0. The smallest absolute Gasteiger partial charge is 0.244 e. The van der Waals surface area contributed by atoms with Crippen LogP contribution in [0.25, 0.3) is 0 Å². The van der Waals surface area contributed by atoms with E-state index in [1.165, 1.54) is 16.6 Å². The average molecular weight is 294 g/mol. The van der Waals surface area contributed by atoms with Crippen LogP contribution in [-0.4, -0.2) is 29.4 Å².